The Labute approximate surface area is 187 Å². The number of hydrogen-bond donors (Lipinski definition) is 2. The highest BCUT2D eigenvalue weighted by Gasteiger charge is 2.20. The van der Waals surface area contributed by atoms with E-state index < -0.39 is 0 Å². The smallest absolute Gasteiger partial charge is 0.255 e. The number of carbonyl (C=O) groups is 2. The fraction of sp³-hybridized carbons (Fsp3) is 0.308. The van der Waals surface area contributed by atoms with Gasteiger partial charge in [0.15, 0.2) is 0 Å². The van der Waals surface area contributed by atoms with Crippen LogP contribution in [0.3, 0.4) is 0 Å². The number of benzene rings is 2. The molecule has 4 nitrogen and oxygen atoms in total. The van der Waals surface area contributed by atoms with Crippen molar-refractivity contribution in [2.75, 3.05) is 11.1 Å². The molecule has 0 unspecified atom stereocenters. The monoisotopic (exact) mass is 432 g/mol. The predicted molar refractivity (Wildman–Crippen MR) is 128 cm³/mol. The van der Waals surface area contributed by atoms with E-state index in [1.54, 1.807) is 11.3 Å². The van der Waals surface area contributed by atoms with Gasteiger partial charge in [-0.15, -0.1) is 11.3 Å². The molecule has 2 aromatic carbocycles. The van der Waals surface area contributed by atoms with E-state index in [1.165, 1.54) is 19.3 Å². The molecular weight excluding hydrogens is 404 g/mol. The van der Waals surface area contributed by atoms with Crippen LogP contribution in [0.2, 0.25) is 0 Å². The van der Waals surface area contributed by atoms with E-state index in [-0.39, 0.29) is 11.8 Å². The Morgan fingerprint density at radius 2 is 1.77 bits per heavy atom. The first-order chi connectivity index (χ1) is 15.1. The number of carbonyl (C=O) groups excluding carboxylic acids is 2. The Bertz CT molecular complexity index is 1040. The number of aryl methyl sites for hydroxylation is 1. The Kier molecular flexibility index (Phi) is 6.82. The quantitative estimate of drug-likeness (QED) is 0.428. The van der Waals surface area contributed by atoms with Gasteiger partial charge in [0.25, 0.3) is 5.91 Å². The lowest BCUT2D eigenvalue weighted by Gasteiger charge is -2.20. The van der Waals surface area contributed by atoms with Crippen molar-refractivity contribution in [2.45, 2.75) is 44.9 Å². The summed E-state index contributed by atoms with van der Waals surface area (Å²) in [5, 5.41) is 4.95. The second kappa shape index (κ2) is 9.92. The van der Waals surface area contributed by atoms with Crippen LogP contribution in [0.1, 0.15) is 54.4 Å². The summed E-state index contributed by atoms with van der Waals surface area (Å²) in [6.45, 7) is 0. The van der Waals surface area contributed by atoms with Gasteiger partial charge in [-0.05, 0) is 66.1 Å². The number of ketones is 1. The molecule has 0 atom stereocenters. The highest BCUT2D eigenvalue weighted by molar-refractivity contribution is 7.13. The van der Waals surface area contributed by atoms with Crippen LogP contribution in [0.15, 0.2) is 60.0 Å². The molecule has 1 amide bonds. The van der Waals surface area contributed by atoms with Crippen molar-refractivity contribution in [2.24, 2.45) is 5.92 Å². The summed E-state index contributed by atoms with van der Waals surface area (Å²) in [5.74, 6) is 0.455. The van der Waals surface area contributed by atoms with Crippen molar-refractivity contribution < 1.29 is 9.59 Å². The maximum absolute atomic E-state index is 12.7. The van der Waals surface area contributed by atoms with E-state index in [4.69, 9.17) is 5.73 Å². The molecule has 1 aliphatic carbocycles. The second-order valence-electron chi connectivity index (χ2n) is 8.23. The van der Waals surface area contributed by atoms with Crippen molar-refractivity contribution in [3.05, 3.63) is 71.1 Å². The molecule has 0 saturated heterocycles. The highest BCUT2D eigenvalue weighted by atomic mass is 32.1. The topological polar surface area (TPSA) is 72.2 Å². The second-order valence-corrected chi connectivity index (χ2v) is 9.18. The number of Topliss-reactive ketones (excluding diaryl/α,β-unsaturated/α-hetero) is 1. The van der Waals surface area contributed by atoms with E-state index >= 15 is 0 Å². The van der Waals surface area contributed by atoms with Gasteiger partial charge in [0, 0.05) is 22.8 Å². The molecule has 1 saturated carbocycles. The maximum atomic E-state index is 12.7. The van der Waals surface area contributed by atoms with Crippen LogP contribution in [0.5, 0.6) is 0 Å². The lowest BCUT2D eigenvalue weighted by atomic mass is 9.84. The number of thiophene rings is 1. The summed E-state index contributed by atoms with van der Waals surface area (Å²) in [6, 6.07) is 17.2. The van der Waals surface area contributed by atoms with Crippen molar-refractivity contribution in [3.63, 3.8) is 0 Å². The maximum Gasteiger partial charge on any atom is 0.255 e. The summed E-state index contributed by atoms with van der Waals surface area (Å²) >= 11 is 1.65. The lowest BCUT2D eigenvalue weighted by Crippen LogP contribution is -2.18. The van der Waals surface area contributed by atoms with Crippen LogP contribution < -0.4 is 11.1 Å². The van der Waals surface area contributed by atoms with Crippen LogP contribution in [-0.2, 0) is 11.2 Å². The zero-order valence-corrected chi connectivity index (χ0v) is 18.4. The summed E-state index contributed by atoms with van der Waals surface area (Å²) in [6.07, 6.45) is 7.04. The van der Waals surface area contributed by atoms with Gasteiger partial charge in [-0.3, -0.25) is 9.59 Å². The van der Waals surface area contributed by atoms with Gasteiger partial charge in [0.05, 0.1) is 11.4 Å². The molecule has 1 fully saturated rings. The molecule has 0 bridgehead atoms. The number of anilines is 2. The fourth-order valence-electron chi connectivity index (χ4n) is 4.17. The van der Waals surface area contributed by atoms with Crippen molar-refractivity contribution in [1.29, 1.82) is 0 Å². The third-order valence-electron chi connectivity index (χ3n) is 6.04. The average Bonchev–Trinajstić information content (AvgIpc) is 3.35. The first-order valence-corrected chi connectivity index (χ1v) is 11.8. The van der Waals surface area contributed by atoms with Gasteiger partial charge in [-0.25, -0.2) is 0 Å². The molecule has 3 N–H and O–H groups in total. The lowest BCUT2D eigenvalue weighted by molar-refractivity contribution is -0.123. The van der Waals surface area contributed by atoms with Crippen molar-refractivity contribution >= 4 is 34.4 Å². The van der Waals surface area contributed by atoms with Crippen molar-refractivity contribution in [3.8, 4) is 10.4 Å². The Hall–Kier alpha value is -2.92. The molecule has 1 heterocycles. The number of nitrogen functional groups attached to an aromatic ring is 1. The molecule has 0 aliphatic heterocycles. The molecule has 1 aliphatic rings. The SMILES string of the molecule is Nc1ccc(-c2cccs2)cc1NC(=O)c1ccc(CCC(=O)C2CCCCC2)cc1. The molecule has 4 rings (SSSR count). The molecular formula is C26H28N2O2S. The molecule has 160 valence electrons. The zero-order valence-electron chi connectivity index (χ0n) is 17.6. The number of nitrogens with one attached hydrogen (secondary N) is 1. The molecule has 1 aromatic heterocycles. The first-order valence-electron chi connectivity index (χ1n) is 11.0. The van der Waals surface area contributed by atoms with E-state index in [0.717, 1.165) is 35.3 Å². The first kappa shape index (κ1) is 21.3. The van der Waals surface area contributed by atoms with E-state index in [9.17, 15) is 9.59 Å². The molecule has 0 radical (unpaired) electrons. The summed E-state index contributed by atoms with van der Waals surface area (Å²) in [7, 11) is 0. The Balaban J connectivity index is 1.36. The number of nitrogens with two attached hydrogens (primary N) is 1. The minimum absolute atomic E-state index is 0.195. The van der Waals surface area contributed by atoms with Crippen molar-refractivity contribution in [1.82, 2.24) is 0 Å². The largest absolute Gasteiger partial charge is 0.397 e. The fourth-order valence-corrected chi connectivity index (χ4v) is 4.90. The van der Waals surface area contributed by atoms with E-state index in [0.29, 0.717) is 29.1 Å². The normalized spacial score (nSPS) is 14.3. The molecule has 3 aromatic rings. The highest BCUT2D eigenvalue weighted by Crippen LogP contribution is 2.30. The molecule has 5 heteroatoms. The minimum atomic E-state index is -0.195. The van der Waals surface area contributed by atoms with Gasteiger partial charge < -0.3 is 11.1 Å². The number of rotatable bonds is 7. The van der Waals surface area contributed by atoms with Crippen LogP contribution in [0.4, 0.5) is 11.4 Å². The van der Waals surface area contributed by atoms with Crippen LogP contribution >= 0.6 is 11.3 Å². The Morgan fingerprint density at radius 3 is 2.48 bits per heavy atom. The van der Waals surface area contributed by atoms with E-state index in [1.807, 2.05) is 60.0 Å². The Morgan fingerprint density at radius 1 is 1.00 bits per heavy atom. The van der Waals surface area contributed by atoms with Crippen LogP contribution in [0, 0.1) is 5.92 Å². The molecule has 31 heavy (non-hydrogen) atoms. The van der Waals surface area contributed by atoms with Gasteiger partial charge in [-0.1, -0.05) is 43.5 Å². The molecule has 0 spiro atoms. The summed E-state index contributed by atoms with van der Waals surface area (Å²) in [5.41, 5.74) is 9.90. The third kappa shape index (κ3) is 5.42. The van der Waals surface area contributed by atoms with Crippen LogP contribution in [-0.4, -0.2) is 11.7 Å². The van der Waals surface area contributed by atoms with Gasteiger partial charge in [-0.2, -0.15) is 0 Å². The van der Waals surface area contributed by atoms with E-state index in [2.05, 4.69) is 5.32 Å². The van der Waals surface area contributed by atoms with Gasteiger partial charge in [0.2, 0.25) is 0 Å². The third-order valence-corrected chi connectivity index (χ3v) is 6.96. The predicted octanol–water partition coefficient (Wildman–Crippen LogP) is 6.33. The average molecular weight is 433 g/mol. The number of hydrogen-bond acceptors (Lipinski definition) is 4. The standard InChI is InChI=1S/C26H28N2O2S/c27-22-14-13-21(25-7-4-16-31-25)17-23(22)28-26(30)20-11-8-18(9-12-20)10-15-24(29)19-5-2-1-3-6-19/h4,7-9,11-14,16-17,19H,1-3,5-6,10,15,27H2,(H,28,30). The summed E-state index contributed by atoms with van der Waals surface area (Å²) in [4.78, 5) is 26.3. The summed E-state index contributed by atoms with van der Waals surface area (Å²) < 4.78 is 0. The number of amides is 1. The minimum Gasteiger partial charge on any atom is -0.397 e. The van der Waals surface area contributed by atoms with Gasteiger partial charge >= 0.3 is 0 Å². The van der Waals surface area contributed by atoms with Crippen LogP contribution in [0.25, 0.3) is 10.4 Å². The zero-order chi connectivity index (χ0) is 21.6. The van der Waals surface area contributed by atoms with Gasteiger partial charge in [0.1, 0.15) is 5.78 Å².